The summed E-state index contributed by atoms with van der Waals surface area (Å²) >= 11 is 5.99. The van der Waals surface area contributed by atoms with Gasteiger partial charge in [0, 0.05) is 13.1 Å². The van der Waals surface area contributed by atoms with Crippen LogP contribution in [0.25, 0.3) is 11.2 Å². The number of fused-ring (bicyclic) bond motifs is 1. The number of anilines is 1. The number of imidazole rings is 1. The first-order chi connectivity index (χ1) is 14.2. The molecule has 11 heteroatoms. The Bertz CT molecular complexity index is 1180. The first kappa shape index (κ1) is 21.9. The first-order valence-electron chi connectivity index (χ1n) is 9.50. The molecule has 3 rings (SSSR count). The summed E-state index contributed by atoms with van der Waals surface area (Å²) in [6.07, 6.45) is -2.88. The van der Waals surface area contributed by atoms with Gasteiger partial charge in [-0.15, -0.1) is 0 Å². The van der Waals surface area contributed by atoms with Crippen LogP contribution >= 0.6 is 11.6 Å². The van der Waals surface area contributed by atoms with Crippen LogP contribution in [0.5, 0.6) is 0 Å². The number of halogens is 4. The number of rotatable bonds is 7. The molecule has 0 aliphatic carbocycles. The van der Waals surface area contributed by atoms with Crippen LogP contribution in [0.15, 0.2) is 27.8 Å². The van der Waals surface area contributed by atoms with E-state index in [9.17, 15) is 22.8 Å². The van der Waals surface area contributed by atoms with Gasteiger partial charge in [-0.05, 0) is 31.5 Å². The number of aryl methyl sites for hydroxylation is 2. The van der Waals surface area contributed by atoms with Gasteiger partial charge in [0.15, 0.2) is 11.2 Å². The maximum Gasteiger partial charge on any atom is 0.416 e. The molecular weight excluding hydrogens is 423 g/mol. The predicted octanol–water partition coefficient (Wildman–Crippen LogP) is 3.99. The molecular formula is C19H21ClF3N5O2. The molecule has 162 valence electrons. The molecule has 0 unspecified atom stereocenters. The van der Waals surface area contributed by atoms with Gasteiger partial charge in [-0.25, -0.2) is 9.78 Å². The zero-order valence-corrected chi connectivity index (χ0v) is 17.2. The molecule has 0 fully saturated rings. The van der Waals surface area contributed by atoms with Crippen LogP contribution in [-0.2, 0) is 25.8 Å². The summed E-state index contributed by atoms with van der Waals surface area (Å²) in [5.74, 6) is 0.463. The highest BCUT2D eigenvalue weighted by Gasteiger charge is 2.31. The second-order valence-electron chi connectivity index (χ2n) is 6.75. The quantitative estimate of drug-likeness (QED) is 0.578. The Morgan fingerprint density at radius 3 is 2.53 bits per heavy atom. The monoisotopic (exact) mass is 443 g/mol. The Morgan fingerprint density at radius 2 is 1.93 bits per heavy atom. The fourth-order valence-electron chi connectivity index (χ4n) is 3.23. The van der Waals surface area contributed by atoms with E-state index < -0.39 is 23.0 Å². The van der Waals surface area contributed by atoms with Crippen molar-refractivity contribution in [3.05, 3.63) is 55.4 Å². The van der Waals surface area contributed by atoms with Crippen molar-refractivity contribution in [2.24, 2.45) is 0 Å². The van der Waals surface area contributed by atoms with Crippen molar-refractivity contribution in [2.45, 2.75) is 52.5 Å². The molecule has 1 aromatic carbocycles. The third-order valence-electron chi connectivity index (χ3n) is 4.75. The predicted molar refractivity (Wildman–Crippen MR) is 109 cm³/mol. The molecule has 0 bridgehead atoms. The molecule has 0 aliphatic rings. The first-order valence-corrected chi connectivity index (χ1v) is 9.88. The summed E-state index contributed by atoms with van der Waals surface area (Å²) in [5, 5.41) is 2.88. The Hall–Kier alpha value is -2.75. The van der Waals surface area contributed by atoms with Crippen LogP contribution in [-0.4, -0.2) is 19.1 Å². The van der Waals surface area contributed by atoms with Crippen molar-refractivity contribution in [1.82, 2.24) is 19.1 Å². The van der Waals surface area contributed by atoms with Gasteiger partial charge in [0.05, 0.1) is 22.8 Å². The summed E-state index contributed by atoms with van der Waals surface area (Å²) in [7, 11) is 0. The zero-order valence-electron chi connectivity index (χ0n) is 16.4. The molecule has 0 spiro atoms. The molecule has 0 aliphatic heterocycles. The fraction of sp³-hybridized carbons (Fsp3) is 0.421. The van der Waals surface area contributed by atoms with Crippen LogP contribution in [0.4, 0.5) is 18.9 Å². The van der Waals surface area contributed by atoms with E-state index in [-0.39, 0.29) is 22.7 Å². The van der Waals surface area contributed by atoms with Crippen molar-refractivity contribution in [3.8, 4) is 0 Å². The maximum atomic E-state index is 12.8. The van der Waals surface area contributed by atoms with Gasteiger partial charge in [0.1, 0.15) is 5.82 Å². The molecule has 0 radical (unpaired) electrons. The topological polar surface area (TPSA) is 84.7 Å². The molecule has 0 amide bonds. The van der Waals surface area contributed by atoms with Crippen molar-refractivity contribution in [1.29, 1.82) is 0 Å². The van der Waals surface area contributed by atoms with Gasteiger partial charge in [0.2, 0.25) is 0 Å². The number of benzene rings is 1. The molecule has 2 heterocycles. The van der Waals surface area contributed by atoms with E-state index in [2.05, 4.69) is 15.3 Å². The highest BCUT2D eigenvalue weighted by atomic mass is 35.5. The van der Waals surface area contributed by atoms with E-state index >= 15 is 0 Å². The van der Waals surface area contributed by atoms with Crippen LogP contribution in [0.3, 0.4) is 0 Å². The molecule has 30 heavy (non-hydrogen) atoms. The number of nitrogens with one attached hydrogen (secondary N) is 2. The van der Waals surface area contributed by atoms with E-state index in [1.165, 1.54) is 10.6 Å². The van der Waals surface area contributed by atoms with Crippen LogP contribution in [0.1, 0.15) is 38.1 Å². The lowest BCUT2D eigenvalue weighted by Crippen LogP contribution is -2.31. The second kappa shape index (κ2) is 8.55. The minimum Gasteiger partial charge on any atom is -0.377 e. The number of nitrogens with zero attached hydrogens (tertiary/aromatic N) is 3. The van der Waals surface area contributed by atoms with Crippen molar-refractivity contribution >= 4 is 28.5 Å². The average Bonchev–Trinajstić information content (AvgIpc) is 3.05. The van der Waals surface area contributed by atoms with Crippen LogP contribution < -0.4 is 16.6 Å². The fourth-order valence-corrected chi connectivity index (χ4v) is 3.47. The largest absolute Gasteiger partial charge is 0.416 e. The molecule has 7 nitrogen and oxygen atoms in total. The SMILES string of the molecule is CCCCn1c(=O)[nH]c(=O)c2c1nc(CNc1ccc(C(F)(F)F)cc1Cl)n2CC. The zero-order chi connectivity index (χ0) is 22.1. The third-order valence-corrected chi connectivity index (χ3v) is 5.06. The smallest absolute Gasteiger partial charge is 0.377 e. The lowest BCUT2D eigenvalue weighted by atomic mass is 10.2. The molecule has 0 saturated heterocycles. The minimum absolute atomic E-state index is 0.0818. The molecule has 2 aromatic heterocycles. The Balaban J connectivity index is 1.98. The average molecular weight is 444 g/mol. The molecule has 0 atom stereocenters. The summed E-state index contributed by atoms with van der Waals surface area (Å²) in [5.41, 5.74) is -1.03. The van der Waals surface area contributed by atoms with E-state index in [4.69, 9.17) is 11.6 Å². The van der Waals surface area contributed by atoms with Gasteiger partial charge in [-0.1, -0.05) is 24.9 Å². The van der Waals surface area contributed by atoms with Gasteiger partial charge in [-0.2, -0.15) is 13.2 Å². The summed E-state index contributed by atoms with van der Waals surface area (Å²) in [4.78, 5) is 31.4. The lowest BCUT2D eigenvalue weighted by molar-refractivity contribution is -0.137. The number of hydrogen-bond acceptors (Lipinski definition) is 4. The molecule has 0 saturated carbocycles. The molecule has 3 aromatic rings. The van der Waals surface area contributed by atoms with Gasteiger partial charge >= 0.3 is 11.9 Å². The van der Waals surface area contributed by atoms with Crippen molar-refractivity contribution in [2.75, 3.05) is 5.32 Å². The van der Waals surface area contributed by atoms with E-state index in [0.29, 0.717) is 24.6 Å². The van der Waals surface area contributed by atoms with Gasteiger partial charge in [0.25, 0.3) is 5.56 Å². The number of hydrogen-bond donors (Lipinski definition) is 2. The number of aromatic amines is 1. The number of alkyl halides is 3. The number of unbranched alkanes of at least 4 members (excludes halogenated alkanes) is 1. The van der Waals surface area contributed by atoms with E-state index in [0.717, 1.165) is 25.0 Å². The van der Waals surface area contributed by atoms with Gasteiger partial charge < -0.3 is 9.88 Å². The van der Waals surface area contributed by atoms with Crippen molar-refractivity contribution in [3.63, 3.8) is 0 Å². The maximum absolute atomic E-state index is 12.8. The third kappa shape index (κ3) is 4.23. The normalized spacial score (nSPS) is 11.9. The lowest BCUT2D eigenvalue weighted by Gasteiger charge is -2.12. The summed E-state index contributed by atoms with van der Waals surface area (Å²) in [6.45, 7) is 4.76. The van der Waals surface area contributed by atoms with Crippen molar-refractivity contribution < 1.29 is 13.2 Å². The highest BCUT2D eigenvalue weighted by molar-refractivity contribution is 6.33. The van der Waals surface area contributed by atoms with E-state index in [1.54, 1.807) is 4.57 Å². The standard InChI is InChI=1S/C19H21ClF3N5O2/c1-3-5-8-28-16-15(17(29)26-18(28)30)27(4-2)14(25-16)10-24-13-7-6-11(9-12(13)20)19(21,22)23/h6-7,9,24H,3-5,8,10H2,1-2H3,(H,26,29,30). The second-order valence-corrected chi connectivity index (χ2v) is 7.16. The molecule has 2 N–H and O–H groups in total. The minimum atomic E-state index is -4.48. The Labute approximate surface area is 174 Å². The van der Waals surface area contributed by atoms with Crippen LogP contribution in [0, 0.1) is 0 Å². The number of aromatic nitrogens is 4. The van der Waals surface area contributed by atoms with Crippen LogP contribution in [0.2, 0.25) is 5.02 Å². The number of H-pyrrole nitrogens is 1. The highest BCUT2D eigenvalue weighted by Crippen LogP contribution is 2.33. The van der Waals surface area contributed by atoms with E-state index in [1.807, 2.05) is 13.8 Å². The summed E-state index contributed by atoms with van der Waals surface area (Å²) in [6, 6.07) is 3.03. The Kier molecular flexibility index (Phi) is 6.25. The van der Waals surface area contributed by atoms with Gasteiger partial charge in [-0.3, -0.25) is 14.3 Å². The summed E-state index contributed by atoms with van der Waals surface area (Å²) < 4.78 is 41.5. The Morgan fingerprint density at radius 1 is 1.20 bits per heavy atom.